The van der Waals surface area contributed by atoms with Crippen molar-refractivity contribution >= 4 is 17.5 Å². The molecule has 1 fully saturated rings. The van der Waals surface area contributed by atoms with Gasteiger partial charge in [-0.15, -0.1) is 0 Å². The molecule has 29 heavy (non-hydrogen) atoms. The second-order valence-electron chi connectivity index (χ2n) is 7.82. The Morgan fingerprint density at radius 1 is 1.07 bits per heavy atom. The van der Waals surface area contributed by atoms with Crippen LogP contribution in [0, 0.1) is 13.8 Å². The van der Waals surface area contributed by atoms with Gasteiger partial charge in [0.05, 0.1) is 6.04 Å². The van der Waals surface area contributed by atoms with E-state index in [-0.39, 0.29) is 18.6 Å². The van der Waals surface area contributed by atoms with Crippen LogP contribution >= 0.6 is 11.6 Å². The number of halogens is 1. The molecule has 0 radical (unpaired) electrons. The third-order valence-electron chi connectivity index (χ3n) is 5.29. The molecular formula is C23H30ClN3O2. The zero-order valence-corrected chi connectivity index (χ0v) is 18.2. The summed E-state index contributed by atoms with van der Waals surface area (Å²) in [5, 5.41) is 3.77. The minimum Gasteiger partial charge on any atom is -0.484 e. The molecule has 1 atom stereocenters. The van der Waals surface area contributed by atoms with Gasteiger partial charge < -0.3 is 15.0 Å². The Hall–Kier alpha value is -2.08. The van der Waals surface area contributed by atoms with Crippen molar-refractivity contribution in [2.75, 3.05) is 46.4 Å². The van der Waals surface area contributed by atoms with E-state index in [1.165, 1.54) is 0 Å². The fourth-order valence-electron chi connectivity index (χ4n) is 3.70. The number of piperazine rings is 1. The Bertz CT molecular complexity index is 797. The highest BCUT2D eigenvalue weighted by Crippen LogP contribution is 2.23. The molecule has 2 aromatic rings. The van der Waals surface area contributed by atoms with E-state index in [4.69, 9.17) is 16.3 Å². The third-order valence-corrected chi connectivity index (χ3v) is 5.54. The molecule has 0 unspecified atom stereocenters. The first-order valence-electron chi connectivity index (χ1n) is 10.1. The lowest BCUT2D eigenvalue weighted by atomic mass is 10.0. The van der Waals surface area contributed by atoms with Crippen molar-refractivity contribution in [2.45, 2.75) is 19.9 Å². The quantitative estimate of drug-likeness (QED) is 0.752. The average molecular weight is 416 g/mol. The average Bonchev–Trinajstić information content (AvgIpc) is 2.68. The number of amides is 1. The second-order valence-corrected chi connectivity index (χ2v) is 8.26. The fraction of sp³-hybridized carbons (Fsp3) is 0.435. The second kappa shape index (κ2) is 10.1. The van der Waals surface area contributed by atoms with Crippen molar-refractivity contribution < 1.29 is 9.53 Å². The summed E-state index contributed by atoms with van der Waals surface area (Å²) in [6.45, 7) is 8.58. The maximum Gasteiger partial charge on any atom is 0.258 e. The van der Waals surface area contributed by atoms with Crippen LogP contribution in [0.2, 0.25) is 5.02 Å². The van der Waals surface area contributed by atoms with Crippen LogP contribution in [0.25, 0.3) is 0 Å². The van der Waals surface area contributed by atoms with Crippen molar-refractivity contribution in [1.82, 2.24) is 15.1 Å². The maximum absolute atomic E-state index is 12.4. The number of ether oxygens (including phenoxy) is 1. The number of nitrogens with one attached hydrogen (secondary N) is 1. The Kier molecular flexibility index (Phi) is 7.53. The summed E-state index contributed by atoms with van der Waals surface area (Å²) in [6, 6.07) is 14.0. The van der Waals surface area contributed by atoms with E-state index >= 15 is 0 Å². The van der Waals surface area contributed by atoms with Crippen LogP contribution in [0.15, 0.2) is 42.5 Å². The van der Waals surface area contributed by atoms with E-state index in [0.717, 1.165) is 53.6 Å². The lowest BCUT2D eigenvalue weighted by molar-refractivity contribution is -0.123. The molecule has 0 saturated carbocycles. The fourth-order valence-corrected chi connectivity index (χ4v) is 3.83. The normalized spacial score (nSPS) is 16.4. The molecule has 1 aliphatic heterocycles. The first kappa shape index (κ1) is 21.6. The van der Waals surface area contributed by atoms with Crippen LogP contribution in [-0.2, 0) is 4.79 Å². The summed E-state index contributed by atoms with van der Waals surface area (Å²) in [6.07, 6.45) is 0. The van der Waals surface area contributed by atoms with Gasteiger partial charge in [0.25, 0.3) is 5.91 Å². The first-order valence-corrected chi connectivity index (χ1v) is 10.4. The van der Waals surface area contributed by atoms with Gasteiger partial charge in [-0.25, -0.2) is 0 Å². The Morgan fingerprint density at radius 2 is 1.69 bits per heavy atom. The van der Waals surface area contributed by atoms with Crippen molar-refractivity contribution in [3.8, 4) is 5.75 Å². The van der Waals surface area contributed by atoms with E-state index in [0.29, 0.717) is 6.54 Å². The number of hydrogen-bond acceptors (Lipinski definition) is 4. The van der Waals surface area contributed by atoms with Gasteiger partial charge in [-0.05, 0) is 61.9 Å². The number of rotatable bonds is 7. The smallest absolute Gasteiger partial charge is 0.258 e. The molecule has 0 aromatic heterocycles. The van der Waals surface area contributed by atoms with Crippen LogP contribution in [0.5, 0.6) is 5.75 Å². The summed E-state index contributed by atoms with van der Waals surface area (Å²) in [7, 11) is 2.14. The molecule has 5 nitrogen and oxygen atoms in total. The molecule has 1 N–H and O–H groups in total. The van der Waals surface area contributed by atoms with Crippen LogP contribution in [0.1, 0.15) is 22.7 Å². The predicted molar refractivity (Wildman–Crippen MR) is 118 cm³/mol. The topological polar surface area (TPSA) is 44.8 Å². The Balaban J connectivity index is 1.59. The van der Waals surface area contributed by atoms with Crippen LogP contribution in [0.3, 0.4) is 0 Å². The zero-order chi connectivity index (χ0) is 20.8. The van der Waals surface area contributed by atoms with Gasteiger partial charge in [0.2, 0.25) is 0 Å². The molecule has 0 bridgehead atoms. The minimum absolute atomic E-state index is 0.0129. The number of likely N-dealkylation sites (N-methyl/N-ethyl adjacent to an activating group) is 1. The highest BCUT2D eigenvalue weighted by Gasteiger charge is 2.24. The highest BCUT2D eigenvalue weighted by molar-refractivity contribution is 6.30. The largest absolute Gasteiger partial charge is 0.484 e. The highest BCUT2D eigenvalue weighted by atomic mass is 35.5. The molecule has 6 heteroatoms. The number of carbonyl (C=O) groups is 1. The standard InChI is InChI=1S/C23H30ClN3O2/c1-17-12-18(2)14-21(13-17)29-16-23(28)25-15-22(19-4-6-20(24)7-5-19)27-10-8-26(3)9-11-27/h4-7,12-14,22H,8-11,15-16H2,1-3H3,(H,25,28)/t22-/m0/s1. The predicted octanol–water partition coefficient (Wildman–Crippen LogP) is 3.44. The number of nitrogens with zero attached hydrogens (tertiary/aromatic N) is 2. The minimum atomic E-state index is -0.114. The van der Waals surface area contributed by atoms with Crippen LogP contribution < -0.4 is 10.1 Å². The number of benzene rings is 2. The van der Waals surface area contributed by atoms with Gasteiger partial charge in [0.1, 0.15) is 5.75 Å². The molecule has 1 heterocycles. The number of hydrogen-bond donors (Lipinski definition) is 1. The third kappa shape index (κ3) is 6.46. The van der Waals surface area contributed by atoms with Crippen molar-refractivity contribution in [1.29, 1.82) is 0 Å². The molecule has 1 saturated heterocycles. The summed E-state index contributed by atoms with van der Waals surface area (Å²) in [5.74, 6) is 0.614. The molecule has 1 amide bonds. The van der Waals surface area contributed by atoms with E-state index in [2.05, 4.69) is 28.2 Å². The lowest BCUT2D eigenvalue weighted by Gasteiger charge is -2.38. The maximum atomic E-state index is 12.4. The van der Waals surface area contributed by atoms with E-state index < -0.39 is 0 Å². The monoisotopic (exact) mass is 415 g/mol. The summed E-state index contributed by atoms with van der Waals surface area (Å²) < 4.78 is 5.69. The lowest BCUT2D eigenvalue weighted by Crippen LogP contribution is -2.48. The summed E-state index contributed by atoms with van der Waals surface area (Å²) in [5.41, 5.74) is 3.41. The number of carbonyl (C=O) groups excluding carboxylic acids is 1. The van der Waals surface area contributed by atoms with E-state index in [9.17, 15) is 4.79 Å². The van der Waals surface area contributed by atoms with Crippen molar-refractivity contribution in [3.05, 3.63) is 64.2 Å². The van der Waals surface area contributed by atoms with E-state index in [1.54, 1.807) is 0 Å². The molecular weight excluding hydrogens is 386 g/mol. The molecule has 2 aromatic carbocycles. The van der Waals surface area contributed by atoms with Gasteiger partial charge in [0.15, 0.2) is 6.61 Å². The van der Waals surface area contributed by atoms with Gasteiger partial charge >= 0.3 is 0 Å². The summed E-state index contributed by atoms with van der Waals surface area (Å²) >= 11 is 6.06. The molecule has 1 aliphatic rings. The molecule has 156 valence electrons. The van der Waals surface area contributed by atoms with Crippen LogP contribution in [-0.4, -0.2) is 62.1 Å². The van der Waals surface area contributed by atoms with Crippen molar-refractivity contribution in [2.24, 2.45) is 0 Å². The van der Waals surface area contributed by atoms with E-state index in [1.807, 2.05) is 50.2 Å². The van der Waals surface area contributed by atoms with Crippen molar-refractivity contribution in [3.63, 3.8) is 0 Å². The van der Waals surface area contributed by atoms with Crippen LogP contribution in [0.4, 0.5) is 0 Å². The van der Waals surface area contributed by atoms with Gasteiger partial charge in [-0.3, -0.25) is 9.69 Å². The van der Waals surface area contributed by atoms with Gasteiger partial charge in [0, 0.05) is 37.7 Å². The SMILES string of the molecule is Cc1cc(C)cc(OCC(=O)NC[C@@H](c2ccc(Cl)cc2)N2CCN(C)CC2)c1. The Morgan fingerprint density at radius 3 is 2.31 bits per heavy atom. The zero-order valence-electron chi connectivity index (χ0n) is 17.5. The summed E-state index contributed by atoms with van der Waals surface area (Å²) in [4.78, 5) is 17.2. The Labute approximate surface area is 178 Å². The van der Waals surface area contributed by atoms with Gasteiger partial charge in [-0.2, -0.15) is 0 Å². The first-order chi connectivity index (χ1) is 13.9. The molecule has 0 spiro atoms. The molecule has 3 rings (SSSR count). The number of aryl methyl sites for hydroxylation is 2. The van der Waals surface area contributed by atoms with Gasteiger partial charge in [-0.1, -0.05) is 29.8 Å². The molecule has 0 aliphatic carbocycles.